The van der Waals surface area contributed by atoms with E-state index in [0.29, 0.717) is 24.3 Å². The second-order valence-electron chi connectivity index (χ2n) is 6.25. The van der Waals surface area contributed by atoms with E-state index in [4.69, 9.17) is 0 Å². The Bertz CT molecular complexity index is 398. The average Bonchev–Trinajstić information content (AvgIpc) is 2.74. The molecule has 0 radical (unpaired) electrons. The number of carboxylic acid groups (broad SMARTS) is 1. The van der Waals surface area contributed by atoms with Gasteiger partial charge in [0.1, 0.15) is 5.54 Å². The fourth-order valence-electron chi connectivity index (χ4n) is 1.92. The zero-order valence-corrected chi connectivity index (χ0v) is 12.9. The third-order valence-electron chi connectivity index (χ3n) is 2.95. The fourth-order valence-corrected chi connectivity index (χ4v) is 3.25. The molecule has 0 aromatic heterocycles. The van der Waals surface area contributed by atoms with Gasteiger partial charge >= 0.3 is 5.97 Å². The van der Waals surface area contributed by atoms with Crippen molar-refractivity contribution in [3.05, 3.63) is 0 Å². The summed E-state index contributed by atoms with van der Waals surface area (Å²) in [4.78, 5) is 34.7. The fraction of sp³-hybridized carbons (Fsp3) is 0.769. The zero-order chi connectivity index (χ0) is 15.4. The molecule has 1 heterocycles. The first-order valence-electron chi connectivity index (χ1n) is 6.53. The first-order chi connectivity index (χ1) is 9.15. The van der Waals surface area contributed by atoms with E-state index in [-0.39, 0.29) is 17.9 Å². The molecule has 3 N–H and O–H groups in total. The number of hydrogen-bond donors (Lipinski definition) is 3. The maximum Gasteiger partial charge on any atom is 0.330 e. The van der Waals surface area contributed by atoms with Gasteiger partial charge in [0.25, 0.3) is 0 Å². The van der Waals surface area contributed by atoms with Crippen LogP contribution >= 0.6 is 11.8 Å². The minimum Gasteiger partial charge on any atom is -0.479 e. The van der Waals surface area contributed by atoms with Crippen LogP contribution in [0.25, 0.3) is 0 Å². The Morgan fingerprint density at radius 2 is 1.90 bits per heavy atom. The molecule has 1 unspecified atom stereocenters. The van der Waals surface area contributed by atoms with Crippen LogP contribution < -0.4 is 10.6 Å². The SMILES string of the molecule is CC(C)(C)CC(=O)NCC(=O)NC1(C(=O)O)CCSC1. The highest BCUT2D eigenvalue weighted by Crippen LogP contribution is 2.28. The van der Waals surface area contributed by atoms with E-state index in [9.17, 15) is 19.5 Å². The number of carbonyl (C=O) groups is 3. The van der Waals surface area contributed by atoms with Crippen LogP contribution in [-0.2, 0) is 14.4 Å². The minimum absolute atomic E-state index is 0.148. The Morgan fingerprint density at radius 3 is 2.35 bits per heavy atom. The van der Waals surface area contributed by atoms with E-state index in [1.807, 2.05) is 20.8 Å². The van der Waals surface area contributed by atoms with Crippen molar-refractivity contribution in [3.8, 4) is 0 Å². The monoisotopic (exact) mass is 302 g/mol. The standard InChI is InChI=1S/C13H22N2O4S/c1-12(2,3)6-9(16)14-7-10(17)15-13(11(18)19)4-5-20-8-13/h4-8H2,1-3H3,(H,14,16)(H,15,17)(H,18,19). The molecule has 1 saturated heterocycles. The van der Waals surface area contributed by atoms with Crippen molar-refractivity contribution in [2.75, 3.05) is 18.1 Å². The molecule has 0 bridgehead atoms. The van der Waals surface area contributed by atoms with Gasteiger partial charge in [-0.3, -0.25) is 9.59 Å². The predicted octanol–water partition coefficient (Wildman–Crippen LogP) is 0.615. The smallest absolute Gasteiger partial charge is 0.330 e. The van der Waals surface area contributed by atoms with Crippen LogP contribution in [0, 0.1) is 5.41 Å². The quantitative estimate of drug-likeness (QED) is 0.692. The van der Waals surface area contributed by atoms with Crippen LogP contribution in [0.1, 0.15) is 33.6 Å². The maximum atomic E-state index is 11.8. The Kier molecular flexibility index (Phi) is 5.44. The largest absolute Gasteiger partial charge is 0.479 e. The van der Waals surface area contributed by atoms with Gasteiger partial charge in [-0.25, -0.2) is 4.79 Å². The lowest BCUT2D eigenvalue weighted by Crippen LogP contribution is -2.56. The number of nitrogens with one attached hydrogen (secondary N) is 2. The molecule has 7 heteroatoms. The molecule has 0 aromatic carbocycles. The lowest BCUT2D eigenvalue weighted by atomic mass is 9.92. The molecule has 0 saturated carbocycles. The van der Waals surface area contributed by atoms with Crippen molar-refractivity contribution < 1.29 is 19.5 Å². The Labute approximate surface area is 123 Å². The van der Waals surface area contributed by atoms with Crippen molar-refractivity contribution in [3.63, 3.8) is 0 Å². The van der Waals surface area contributed by atoms with Gasteiger partial charge in [0, 0.05) is 12.2 Å². The summed E-state index contributed by atoms with van der Waals surface area (Å²) < 4.78 is 0. The number of carbonyl (C=O) groups excluding carboxylic acids is 2. The van der Waals surface area contributed by atoms with Crippen LogP contribution in [-0.4, -0.2) is 46.5 Å². The highest BCUT2D eigenvalue weighted by Gasteiger charge is 2.43. The molecule has 1 rings (SSSR count). The van der Waals surface area contributed by atoms with Gasteiger partial charge in [0.15, 0.2) is 0 Å². The molecule has 114 valence electrons. The normalized spacial score (nSPS) is 22.4. The molecule has 1 aliphatic heterocycles. The summed E-state index contributed by atoms with van der Waals surface area (Å²) in [5.74, 6) is -0.612. The molecule has 1 fully saturated rings. The van der Waals surface area contributed by atoms with E-state index in [2.05, 4.69) is 10.6 Å². The highest BCUT2D eigenvalue weighted by atomic mass is 32.2. The summed E-state index contributed by atoms with van der Waals surface area (Å²) in [6, 6.07) is 0. The highest BCUT2D eigenvalue weighted by molar-refractivity contribution is 7.99. The summed E-state index contributed by atoms with van der Waals surface area (Å²) in [7, 11) is 0. The van der Waals surface area contributed by atoms with Crippen LogP contribution in [0.15, 0.2) is 0 Å². The molecule has 2 amide bonds. The van der Waals surface area contributed by atoms with Crippen LogP contribution in [0.3, 0.4) is 0 Å². The molecule has 1 aliphatic rings. The average molecular weight is 302 g/mol. The number of carboxylic acids is 1. The van der Waals surface area contributed by atoms with Gasteiger partial charge in [-0.05, 0) is 17.6 Å². The van der Waals surface area contributed by atoms with Crippen molar-refractivity contribution in [2.24, 2.45) is 5.41 Å². The molecule has 6 nitrogen and oxygen atoms in total. The summed E-state index contributed by atoms with van der Waals surface area (Å²) >= 11 is 1.50. The van der Waals surface area contributed by atoms with Crippen molar-refractivity contribution in [2.45, 2.75) is 39.2 Å². The molecular weight excluding hydrogens is 280 g/mol. The Hall–Kier alpha value is -1.24. The topological polar surface area (TPSA) is 95.5 Å². The Morgan fingerprint density at radius 1 is 1.25 bits per heavy atom. The summed E-state index contributed by atoms with van der Waals surface area (Å²) in [5.41, 5.74) is -1.33. The predicted molar refractivity (Wildman–Crippen MR) is 77.5 cm³/mol. The molecule has 0 aromatic rings. The third-order valence-corrected chi connectivity index (χ3v) is 4.14. The number of thioether (sulfide) groups is 1. The lowest BCUT2D eigenvalue weighted by Gasteiger charge is -2.24. The second kappa shape index (κ2) is 6.47. The molecule has 20 heavy (non-hydrogen) atoms. The first-order valence-corrected chi connectivity index (χ1v) is 7.69. The summed E-state index contributed by atoms with van der Waals surface area (Å²) in [6.07, 6.45) is 0.731. The molecule has 0 aliphatic carbocycles. The van der Waals surface area contributed by atoms with Gasteiger partial charge in [-0.1, -0.05) is 20.8 Å². The van der Waals surface area contributed by atoms with Crippen molar-refractivity contribution >= 4 is 29.5 Å². The van der Waals surface area contributed by atoms with E-state index in [1.54, 1.807) is 0 Å². The van der Waals surface area contributed by atoms with E-state index < -0.39 is 17.4 Å². The second-order valence-corrected chi connectivity index (χ2v) is 7.36. The van der Waals surface area contributed by atoms with E-state index >= 15 is 0 Å². The Balaban J connectivity index is 2.44. The van der Waals surface area contributed by atoms with Crippen LogP contribution in [0.5, 0.6) is 0 Å². The summed E-state index contributed by atoms with van der Waals surface area (Å²) in [6.45, 7) is 5.61. The minimum atomic E-state index is -1.18. The van der Waals surface area contributed by atoms with Crippen LogP contribution in [0.2, 0.25) is 0 Å². The number of aliphatic carboxylic acids is 1. The van der Waals surface area contributed by atoms with Gasteiger partial charge in [0.2, 0.25) is 11.8 Å². The summed E-state index contributed by atoms with van der Waals surface area (Å²) in [5, 5.41) is 14.3. The lowest BCUT2D eigenvalue weighted by molar-refractivity contribution is -0.146. The van der Waals surface area contributed by atoms with Crippen molar-refractivity contribution in [1.82, 2.24) is 10.6 Å². The molecule has 0 spiro atoms. The number of hydrogen-bond acceptors (Lipinski definition) is 4. The van der Waals surface area contributed by atoms with E-state index in [0.717, 1.165) is 0 Å². The third kappa shape index (κ3) is 5.03. The molecular formula is C13H22N2O4S. The van der Waals surface area contributed by atoms with Crippen molar-refractivity contribution in [1.29, 1.82) is 0 Å². The maximum absolute atomic E-state index is 11.8. The first kappa shape index (κ1) is 16.8. The van der Waals surface area contributed by atoms with Gasteiger partial charge in [0.05, 0.1) is 6.54 Å². The molecule has 1 atom stereocenters. The number of rotatable bonds is 5. The van der Waals surface area contributed by atoms with Gasteiger partial charge in [-0.2, -0.15) is 11.8 Å². The van der Waals surface area contributed by atoms with Gasteiger partial charge < -0.3 is 15.7 Å². The van der Waals surface area contributed by atoms with E-state index in [1.165, 1.54) is 11.8 Å². The van der Waals surface area contributed by atoms with Crippen LogP contribution in [0.4, 0.5) is 0 Å². The number of amides is 2. The zero-order valence-electron chi connectivity index (χ0n) is 12.1. The van der Waals surface area contributed by atoms with Gasteiger partial charge in [-0.15, -0.1) is 0 Å².